The quantitative estimate of drug-likeness (QED) is 0.733. The van der Waals surface area contributed by atoms with Crippen molar-refractivity contribution in [2.75, 3.05) is 26.2 Å². The van der Waals surface area contributed by atoms with Crippen LogP contribution < -0.4 is 5.73 Å². The summed E-state index contributed by atoms with van der Waals surface area (Å²) in [6.45, 7) is 8.93. The molecule has 0 saturated heterocycles. The molecule has 0 aromatic rings. The predicted octanol–water partition coefficient (Wildman–Crippen LogP) is 2.09. The number of likely N-dealkylation sites (N-methyl/N-ethyl adjacent to an activating group) is 1. The molecule has 1 saturated carbocycles. The second-order valence-corrected chi connectivity index (χ2v) is 4.81. The summed E-state index contributed by atoms with van der Waals surface area (Å²) in [5.41, 5.74) is 5.59. The van der Waals surface area contributed by atoms with Crippen LogP contribution in [0.1, 0.15) is 39.5 Å². The fourth-order valence-electron chi connectivity index (χ4n) is 2.44. The molecule has 0 aromatic carbocycles. The summed E-state index contributed by atoms with van der Waals surface area (Å²) >= 11 is 0. The van der Waals surface area contributed by atoms with Crippen molar-refractivity contribution < 1.29 is 0 Å². The van der Waals surface area contributed by atoms with Crippen molar-refractivity contribution in [3.05, 3.63) is 0 Å². The van der Waals surface area contributed by atoms with Gasteiger partial charge in [-0.15, -0.1) is 0 Å². The Labute approximate surface area is 88.8 Å². The van der Waals surface area contributed by atoms with Gasteiger partial charge in [-0.25, -0.2) is 0 Å². The first-order valence-electron chi connectivity index (χ1n) is 6.18. The van der Waals surface area contributed by atoms with Crippen LogP contribution in [0.5, 0.6) is 0 Å². The molecule has 0 atom stereocenters. The number of hydrogen-bond donors (Lipinski definition) is 1. The van der Waals surface area contributed by atoms with Gasteiger partial charge in [0.1, 0.15) is 0 Å². The maximum Gasteiger partial charge on any atom is 0.0105 e. The Hall–Kier alpha value is -0.0800. The molecule has 0 unspecified atom stereocenters. The Morgan fingerprint density at radius 2 is 1.86 bits per heavy atom. The third kappa shape index (κ3) is 3.97. The predicted molar refractivity (Wildman–Crippen MR) is 62.3 cm³/mol. The van der Waals surface area contributed by atoms with Crippen LogP contribution in [-0.4, -0.2) is 31.1 Å². The molecule has 1 fully saturated rings. The van der Waals surface area contributed by atoms with Crippen LogP contribution in [0.3, 0.4) is 0 Å². The number of rotatable bonds is 5. The molecular formula is C12H26N2. The summed E-state index contributed by atoms with van der Waals surface area (Å²) in [5, 5.41) is 0. The van der Waals surface area contributed by atoms with Gasteiger partial charge in [0.05, 0.1) is 0 Å². The van der Waals surface area contributed by atoms with E-state index in [1.165, 1.54) is 32.2 Å². The molecule has 0 spiro atoms. The first-order chi connectivity index (χ1) is 6.76. The molecule has 2 heteroatoms. The lowest BCUT2D eigenvalue weighted by molar-refractivity contribution is 0.193. The highest BCUT2D eigenvalue weighted by molar-refractivity contribution is 4.73. The third-order valence-electron chi connectivity index (χ3n) is 3.54. The van der Waals surface area contributed by atoms with Crippen molar-refractivity contribution >= 4 is 0 Å². The van der Waals surface area contributed by atoms with Crippen LogP contribution in [0.15, 0.2) is 0 Å². The highest BCUT2D eigenvalue weighted by Gasteiger charge is 2.19. The van der Waals surface area contributed by atoms with Crippen LogP contribution >= 0.6 is 0 Å². The molecular weight excluding hydrogens is 172 g/mol. The van der Waals surface area contributed by atoms with E-state index in [4.69, 9.17) is 5.73 Å². The van der Waals surface area contributed by atoms with Crippen molar-refractivity contribution in [1.82, 2.24) is 4.90 Å². The molecule has 14 heavy (non-hydrogen) atoms. The van der Waals surface area contributed by atoms with E-state index in [1.807, 2.05) is 0 Å². The zero-order valence-electron chi connectivity index (χ0n) is 9.84. The van der Waals surface area contributed by atoms with E-state index in [-0.39, 0.29) is 0 Å². The molecule has 0 aromatic heterocycles. The van der Waals surface area contributed by atoms with Gasteiger partial charge in [0, 0.05) is 19.6 Å². The molecule has 1 rings (SSSR count). The normalized spacial score (nSPS) is 28.3. The van der Waals surface area contributed by atoms with Gasteiger partial charge in [0.2, 0.25) is 0 Å². The Kier molecular flexibility index (Phi) is 5.49. The Morgan fingerprint density at radius 1 is 1.21 bits per heavy atom. The Balaban J connectivity index is 2.21. The van der Waals surface area contributed by atoms with E-state index < -0.39 is 0 Å². The minimum Gasteiger partial charge on any atom is -0.329 e. The van der Waals surface area contributed by atoms with E-state index in [0.717, 1.165) is 31.5 Å². The maximum absolute atomic E-state index is 5.59. The monoisotopic (exact) mass is 198 g/mol. The minimum absolute atomic E-state index is 0.803. The average molecular weight is 198 g/mol. The zero-order chi connectivity index (χ0) is 10.4. The fraction of sp³-hybridized carbons (Fsp3) is 1.00. The standard InChI is InChI=1S/C12H26N2/c1-3-14(9-8-13)10-12-6-4-11(2)5-7-12/h11-12H,3-10,13H2,1-2H3. The van der Waals surface area contributed by atoms with Gasteiger partial charge in [-0.2, -0.15) is 0 Å². The summed E-state index contributed by atoms with van der Waals surface area (Å²) in [6.07, 6.45) is 5.74. The maximum atomic E-state index is 5.59. The van der Waals surface area contributed by atoms with Crippen molar-refractivity contribution in [3.8, 4) is 0 Å². The third-order valence-corrected chi connectivity index (χ3v) is 3.54. The molecule has 0 radical (unpaired) electrons. The lowest BCUT2D eigenvalue weighted by Crippen LogP contribution is -2.34. The van der Waals surface area contributed by atoms with E-state index in [2.05, 4.69) is 18.7 Å². The van der Waals surface area contributed by atoms with Crippen LogP contribution in [0.4, 0.5) is 0 Å². The van der Waals surface area contributed by atoms with Crippen LogP contribution in [0.2, 0.25) is 0 Å². The van der Waals surface area contributed by atoms with Crippen molar-refractivity contribution in [1.29, 1.82) is 0 Å². The molecule has 1 aliphatic rings. The molecule has 0 amide bonds. The van der Waals surface area contributed by atoms with E-state index in [0.29, 0.717) is 0 Å². The lowest BCUT2D eigenvalue weighted by atomic mass is 9.83. The largest absolute Gasteiger partial charge is 0.329 e. The molecule has 84 valence electrons. The van der Waals surface area contributed by atoms with E-state index in [1.54, 1.807) is 0 Å². The summed E-state index contributed by atoms with van der Waals surface area (Å²) in [5.74, 6) is 1.91. The lowest BCUT2D eigenvalue weighted by Gasteiger charge is -2.30. The van der Waals surface area contributed by atoms with Crippen LogP contribution in [0.25, 0.3) is 0 Å². The summed E-state index contributed by atoms with van der Waals surface area (Å²) < 4.78 is 0. The van der Waals surface area contributed by atoms with Crippen molar-refractivity contribution in [3.63, 3.8) is 0 Å². The first-order valence-corrected chi connectivity index (χ1v) is 6.18. The topological polar surface area (TPSA) is 29.3 Å². The highest BCUT2D eigenvalue weighted by Crippen LogP contribution is 2.28. The smallest absolute Gasteiger partial charge is 0.0105 e. The van der Waals surface area contributed by atoms with Gasteiger partial charge in [-0.05, 0) is 31.2 Å². The molecule has 1 aliphatic carbocycles. The molecule has 0 heterocycles. The summed E-state index contributed by atoms with van der Waals surface area (Å²) in [4.78, 5) is 2.50. The van der Waals surface area contributed by atoms with E-state index >= 15 is 0 Å². The van der Waals surface area contributed by atoms with Gasteiger partial charge in [0.15, 0.2) is 0 Å². The van der Waals surface area contributed by atoms with Gasteiger partial charge >= 0.3 is 0 Å². The van der Waals surface area contributed by atoms with Crippen LogP contribution in [0, 0.1) is 11.8 Å². The van der Waals surface area contributed by atoms with Gasteiger partial charge in [0.25, 0.3) is 0 Å². The van der Waals surface area contributed by atoms with Crippen molar-refractivity contribution in [2.24, 2.45) is 17.6 Å². The first kappa shape index (κ1) is 12.0. The Bertz CT molecular complexity index is 139. The van der Waals surface area contributed by atoms with Gasteiger partial charge < -0.3 is 10.6 Å². The molecule has 0 bridgehead atoms. The number of nitrogens with two attached hydrogens (primary N) is 1. The summed E-state index contributed by atoms with van der Waals surface area (Å²) in [6, 6.07) is 0. The number of hydrogen-bond acceptors (Lipinski definition) is 2. The molecule has 0 aliphatic heterocycles. The molecule has 2 nitrogen and oxygen atoms in total. The zero-order valence-corrected chi connectivity index (χ0v) is 9.84. The summed E-state index contributed by atoms with van der Waals surface area (Å²) in [7, 11) is 0. The van der Waals surface area contributed by atoms with Crippen molar-refractivity contribution in [2.45, 2.75) is 39.5 Å². The van der Waals surface area contributed by atoms with Gasteiger partial charge in [-0.3, -0.25) is 0 Å². The second-order valence-electron chi connectivity index (χ2n) is 4.81. The van der Waals surface area contributed by atoms with Crippen LogP contribution in [-0.2, 0) is 0 Å². The SMILES string of the molecule is CCN(CCN)CC1CCC(C)CC1. The average Bonchev–Trinajstić information content (AvgIpc) is 2.20. The fourth-order valence-corrected chi connectivity index (χ4v) is 2.44. The second kappa shape index (κ2) is 6.41. The molecule has 2 N–H and O–H groups in total. The highest BCUT2D eigenvalue weighted by atomic mass is 15.1. The Morgan fingerprint density at radius 3 is 2.36 bits per heavy atom. The number of nitrogens with zero attached hydrogens (tertiary/aromatic N) is 1. The van der Waals surface area contributed by atoms with E-state index in [9.17, 15) is 0 Å². The van der Waals surface area contributed by atoms with Gasteiger partial charge in [-0.1, -0.05) is 26.7 Å². The minimum atomic E-state index is 0.803.